The molecule has 0 saturated carbocycles. The third kappa shape index (κ3) is 7.80. The largest absolute Gasteiger partial charge is 0.390 e. The molecule has 1 unspecified atom stereocenters. The topological polar surface area (TPSA) is 20.2 Å². The van der Waals surface area contributed by atoms with E-state index in [0.29, 0.717) is 5.92 Å². The fourth-order valence-electron chi connectivity index (χ4n) is 1.28. The van der Waals surface area contributed by atoms with Gasteiger partial charge in [0.25, 0.3) is 0 Å². The van der Waals surface area contributed by atoms with E-state index in [1.807, 2.05) is 20.8 Å². The fraction of sp³-hybridized carbons (Fsp3) is 0.818. The van der Waals surface area contributed by atoms with E-state index >= 15 is 0 Å². The van der Waals surface area contributed by atoms with Crippen molar-refractivity contribution >= 4 is 0 Å². The molecular weight excluding hydrogens is 148 g/mol. The van der Waals surface area contributed by atoms with E-state index in [-0.39, 0.29) is 0 Å². The molecule has 0 amide bonds. The summed E-state index contributed by atoms with van der Waals surface area (Å²) in [4.78, 5) is 0. The van der Waals surface area contributed by atoms with Crippen molar-refractivity contribution in [3.05, 3.63) is 12.2 Å². The SMILES string of the molecule is C/C=C/C(C)CCCC(C)(C)O. The minimum absolute atomic E-state index is 0.490. The van der Waals surface area contributed by atoms with Crippen molar-refractivity contribution < 1.29 is 5.11 Å². The molecule has 12 heavy (non-hydrogen) atoms. The minimum atomic E-state index is -0.490. The van der Waals surface area contributed by atoms with Crippen molar-refractivity contribution in [1.29, 1.82) is 0 Å². The average molecular weight is 170 g/mol. The summed E-state index contributed by atoms with van der Waals surface area (Å²) < 4.78 is 0. The maximum Gasteiger partial charge on any atom is 0.0591 e. The number of hydrogen-bond donors (Lipinski definition) is 1. The maximum atomic E-state index is 9.44. The van der Waals surface area contributed by atoms with Crippen molar-refractivity contribution in [1.82, 2.24) is 0 Å². The summed E-state index contributed by atoms with van der Waals surface area (Å²) in [6.45, 7) is 8.00. The molecule has 0 aromatic carbocycles. The van der Waals surface area contributed by atoms with Crippen molar-refractivity contribution in [2.75, 3.05) is 0 Å². The lowest BCUT2D eigenvalue weighted by Crippen LogP contribution is -2.18. The highest BCUT2D eigenvalue weighted by Crippen LogP contribution is 2.16. The summed E-state index contributed by atoms with van der Waals surface area (Å²) in [5.41, 5.74) is -0.490. The molecule has 0 aliphatic heterocycles. The molecule has 0 fully saturated rings. The summed E-state index contributed by atoms with van der Waals surface area (Å²) in [5.74, 6) is 0.650. The standard InChI is InChI=1S/C11H22O/c1-5-7-10(2)8-6-9-11(3,4)12/h5,7,10,12H,6,8-9H2,1-4H3/b7-5+. The van der Waals surface area contributed by atoms with Crippen LogP contribution in [0.25, 0.3) is 0 Å². The molecule has 0 aliphatic rings. The summed E-state index contributed by atoms with van der Waals surface area (Å²) in [6.07, 6.45) is 7.48. The molecule has 0 spiro atoms. The molecule has 0 aromatic rings. The van der Waals surface area contributed by atoms with E-state index < -0.39 is 5.60 Å². The third-order valence-electron chi connectivity index (χ3n) is 1.97. The fourth-order valence-corrected chi connectivity index (χ4v) is 1.28. The Morgan fingerprint density at radius 1 is 1.42 bits per heavy atom. The highest BCUT2D eigenvalue weighted by molar-refractivity contribution is 4.83. The first-order chi connectivity index (χ1) is 5.45. The molecular formula is C11H22O. The molecule has 0 heterocycles. The minimum Gasteiger partial charge on any atom is -0.390 e. The molecule has 1 nitrogen and oxygen atoms in total. The van der Waals surface area contributed by atoms with Gasteiger partial charge in [-0.25, -0.2) is 0 Å². The Morgan fingerprint density at radius 2 is 2.00 bits per heavy atom. The average Bonchev–Trinajstić information content (AvgIpc) is 1.84. The van der Waals surface area contributed by atoms with Crippen LogP contribution in [0, 0.1) is 5.92 Å². The van der Waals surface area contributed by atoms with Crippen LogP contribution in [0.15, 0.2) is 12.2 Å². The van der Waals surface area contributed by atoms with Crippen LogP contribution in [0.1, 0.15) is 47.0 Å². The first-order valence-electron chi connectivity index (χ1n) is 4.81. The Hall–Kier alpha value is -0.300. The summed E-state index contributed by atoms with van der Waals surface area (Å²) >= 11 is 0. The van der Waals surface area contributed by atoms with E-state index in [0.717, 1.165) is 12.8 Å². The van der Waals surface area contributed by atoms with Crippen LogP contribution >= 0.6 is 0 Å². The predicted octanol–water partition coefficient (Wildman–Crippen LogP) is 3.14. The van der Waals surface area contributed by atoms with E-state index in [9.17, 15) is 5.11 Å². The zero-order chi connectivity index (χ0) is 9.61. The van der Waals surface area contributed by atoms with E-state index in [4.69, 9.17) is 0 Å². The molecule has 0 bridgehead atoms. The molecule has 1 N–H and O–H groups in total. The van der Waals surface area contributed by atoms with Gasteiger partial charge in [0.1, 0.15) is 0 Å². The summed E-state index contributed by atoms with van der Waals surface area (Å²) in [6, 6.07) is 0. The van der Waals surface area contributed by atoms with Gasteiger partial charge in [0.15, 0.2) is 0 Å². The zero-order valence-corrected chi connectivity index (χ0v) is 8.80. The first-order valence-corrected chi connectivity index (χ1v) is 4.81. The smallest absolute Gasteiger partial charge is 0.0591 e. The normalized spacial score (nSPS) is 15.4. The highest BCUT2D eigenvalue weighted by atomic mass is 16.3. The van der Waals surface area contributed by atoms with Gasteiger partial charge in [-0.2, -0.15) is 0 Å². The number of allylic oxidation sites excluding steroid dienone is 2. The Kier molecular flexibility index (Phi) is 5.23. The van der Waals surface area contributed by atoms with Crippen LogP contribution in [-0.2, 0) is 0 Å². The van der Waals surface area contributed by atoms with Gasteiger partial charge in [-0.1, -0.05) is 25.5 Å². The van der Waals surface area contributed by atoms with Crippen LogP contribution in [0.2, 0.25) is 0 Å². The maximum absolute atomic E-state index is 9.44. The van der Waals surface area contributed by atoms with Gasteiger partial charge in [-0.05, 0) is 39.5 Å². The lowest BCUT2D eigenvalue weighted by Gasteiger charge is -2.17. The van der Waals surface area contributed by atoms with Gasteiger partial charge in [0.2, 0.25) is 0 Å². The summed E-state index contributed by atoms with van der Waals surface area (Å²) in [7, 11) is 0. The molecule has 0 rings (SSSR count). The van der Waals surface area contributed by atoms with E-state index in [1.165, 1.54) is 6.42 Å². The van der Waals surface area contributed by atoms with Crippen LogP contribution in [0.3, 0.4) is 0 Å². The summed E-state index contributed by atoms with van der Waals surface area (Å²) in [5, 5.41) is 9.44. The van der Waals surface area contributed by atoms with E-state index in [2.05, 4.69) is 19.1 Å². The van der Waals surface area contributed by atoms with Gasteiger partial charge < -0.3 is 5.11 Å². The number of rotatable bonds is 5. The molecule has 1 heteroatoms. The lowest BCUT2D eigenvalue weighted by molar-refractivity contribution is 0.0675. The predicted molar refractivity (Wildman–Crippen MR) is 54.1 cm³/mol. The first kappa shape index (κ1) is 11.7. The van der Waals surface area contributed by atoms with Crippen LogP contribution in [0.4, 0.5) is 0 Å². The Morgan fingerprint density at radius 3 is 2.42 bits per heavy atom. The van der Waals surface area contributed by atoms with Crippen LogP contribution in [0.5, 0.6) is 0 Å². The van der Waals surface area contributed by atoms with Gasteiger partial charge in [0.05, 0.1) is 5.60 Å². The molecule has 0 aliphatic carbocycles. The molecule has 0 aromatic heterocycles. The Bertz CT molecular complexity index is 130. The molecule has 72 valence electrons. The third-order valence-corrected chi connectivity index (χ3v) is 1.97. The van der Waals surface area contributed by atoms with Crippen LogP contribution < -0.4 is 0 Å². The monoisotopic (exact) mass is 170 g/mol. The van der Waals surface area contributed by atoms with Crippen molar-refractivity contribution in [2.45, 2.75) is 52.6 Å². The Labute approximate surface area is 76.5 Å². The van der Waals surface area contributed by atoms with Crippen molar-refractivity contribution in [2.24, 2.45) is 5.92 Å². The van der Waals surface area contributed by atoms with Gasteiger partial charge >= 0.3 is 0 Å². The highest BCUT2D eigenvalue weighted by Gasteiger charge is 2.11. The number of hydrogen-bond acceptors (Lipinski definition) is 1. The second-order valence-electron chi connectivity index (χ2n) is 4.21. The quantitative estimate of drug-likeness (QED) is 0.628. The van der Waals surface area contributed by atoms with Gasteiger partial charge in [-0.3, -0.25) is 0 Å². The second-order valence-corrected chi connectivity index (χ2v) is 4.21. The Balaban J connectivity index is 3.43. The molecule has 0 saturated heterocycles. The van der Waals surface area contributed by atoms with Gasteiger partial charge in [0, 0.05) is 0 Å². The molecule has 1 atom stereocenters. The number of aliphatic hydroxyl groups is 1. The second kappa shape index (κ2) is 5.36. The zero-order valence-electron chi connectivity index (χ0n) is 8.80. The van der Waals surface area contributed by atoms with E-state index in [1.54, 1.807) is 0 Å². The van der Waals surface area contributed by atoms with Crippen LogP contribution in [-0.4, -0.2) is 10.7 Å². The van der Waals surface area contributed by atoms with Gasteiger partial charge in [-0.15, -0.1) is 0 Å². The molecule has 0 radical (unpaired) electrons. The van der Waals surface area contributed by atoms with Crippen molar-refractivity contribution in [3.8, 4) is 0 Å². The van der Waals surface area contributed by atoms with Crippen molar-refractivity contribution in [3.63, 3.8) is 0 Å². The lowest BCUT2D eigenvalue weighted by atomic mass is 9.97.